The Morgan fingerprint density at radius 2 is 1.72 bits per heavy atom. The summed E-state index contributed by atoms with van der Waals surface area (Å²) in [6.45, 7) is 2.21. The average Bonchev–Trinajstić information content (AvgIpc) is 2.78. The van der Waals surface area contributed by atoms with E-state index in [-0.39, 0.29) is 37.5 Å². The Labute approximate surface area is 198 Å². The van der Waals surface area contributed by atoms with Crippen LogP contribution in [0.25, 0.3) is 11.1 Å². The van der Waals surface area contributed by atoms with Gasteiger partial charge in [0.2, 0.25) is 5.88 Å². The van der Waals surface area contributed by atoms with Crippen LogP contribution in [-0.4, -0.2) is 54.4 Å². The molecule has 10 nitrogen and oxygen atoms in total. The quantitative estimate of drug-likeness (QED) is 0.278. The van der Waals surface area contributed by atoms with Crippen LogP contribution in [0, 0.1) is 0 Å². The van der Waals surface area contributed by atoms with E-state index in [1.807, 2.05) is 18.4 Å². The molecular formula is C19H21BrN6O4S2. The highest BCUT2D eigenvalue weighted by Gasteiger charge is 2.19. The second-order valence-corrected chi connectivity index (χ2v) is 9.41. The average molecular weight is 541 g/mol. The van der Waals surface area contributed by atoms with Crippen LogP contribution < -0.4 is 18.9 Å². The van der Waals surface area contributed by atoms with Crippen molar-refractivity contribution < 1.29 is 17.9 Å². The van der Waals surface area contributed by atoms with Crippen LogP contribution >= 0.6 is 27.7 Å². The molecule has 0 unspecified atom stereocenters. The molecule has 170 valence electrons. The van der Waals surface area contributed by atoms with Gasteiger partial charge in [-0.1, -0.05) is 35.0 Å². The number of hydrogen-bond acceptors (Lipinski definition) is 9. The number of anilines is 1. The Morgan fingerprint density at radius 1 is 1.03 bits per heavy atom. The van der Waals surface area contributed by atoms with E-state index in [0.717, 1.165) is 9.37 Å². The van der Waals surface area contributed by atoms with E-state index in [4.69, 9.17) is 9.47 Å². The van der Waals surface area contributed by atoms with Gasteiger partial charge in [0, 0.05) is 28.3 Å². The Bertz CT molecular complexity index is 1130. The first-order chi connectivity index (χ1) is 15.4. The molecule has 0 amide bonds. The van der Waals surface area contributed by atoms with Gasteiger partial charge in [-0.25, -0.2) is 19.9 Å². The van der Waals surface area contributed by atoms with Crippen molar-refractivity contribution in [2.45, 2.75) is 11.8 Å². The number of hydrogen-bond donors (Lipinski definition) is 2. The summed E-state index contributed by atoms with van der Waals surface area (Å²) < 4.78 is 41.5. The van der Waals surface area contributed by atoms with E-state index in [0.29, 0.717) is 11.1 Å². The maximum absolute atomic E-state index is 12.2. The minimum absolute atomic E-state index is 0.0928. The van der Waals surface area contributed by atoms with Crippen LogP contribution in [0.4, 0.5) is 5.82 Å². The van der Waals surface area contributed by atoms with Crippen LogP contribution in [0.2, 0.25) is 0 Å². The fourth-order valence-electron chi connectivity index (χ4n) is 2.54. The Hall–Kier alpha value is -2.48. The standard InChI is InChI=1S/C19H21BrN6O4S2/c1-3-25-32(27,28)26-17-16(13-4-6-14(20)7-5-13)18(24-12-23-17)29-8-9-30-19-21-10-15(31-2)11-22-19/h4-7,10-12,25H,3,8-9H2,1-2H3,(H,23,24,26). The van der Waals surface area contributed by atoms with Gasteiger partial charge in [0.25, 0.3) is 10.2 Å². The highest BCUT2D eigenvalue weighted by molar-refractivity contribution is 9.10. The van der Waals surface area contributed by atoms with Crippen molar-refractivity contribution in [3.8, 4) is 23.0 Å². The summed E-state index contributed by atoms with van der Waals surface area (Å²) in [5.74, 6) is 0.300. The number of halogens is 1. The molecular weight excluding hydrogens is 520 g/mol. The molecule has 0 aliphatic heterocycles. The number of aromatic nitrogens is 4. The zero-order chi connectivity index (χ0) is 23.0. The van der Waals surface area contributed by atoms with Gasteiger partial charge in [-0.05, 0) is 24.0 Å². The highest BCUT2D eigenvalue weighted by atomic mass is 79.9. The minimum Gasteiger partial charge on any atom is -0.473 e. The fraction of sp³-hybridized carbons (Fsp3) is 0.263. The van der Waals surface area contributed by atoms with Crippen molar-refractivity contribution >= 4 is 43.7 Å². The Morgan fingerprint density at radius 3 is 2.38 bits per heavy atom. The van der Waals surface area contributed by atoms with Crippen LogP contribution in [0.3, 0.4) is 0 Å². The summed E-state index contributed by atoms with van der Waals surface area (Å²) in [6.07, 6.45) is 6.51. The fourth-order valence-corrected chi connectivity index (χ4v) is 3.98. The Balaban J connectivity index is 1.79. The molecule has 2 N–H and O–H groups in total. The number of rotatable bonds is 11. The van der Waals surface area contributed by atoms with E-state index in [1.54, 1.807) is 31.5 Å². The molecule has 0 saturated heterocycles. The Kier molecular flexibility index (Phi) is 8.61. The smallest absolute Gasteiger partial charge is 0.316 e. The van der Waals surface area contributed by atoms with Crippen molar-refractivity contribution in [2.75, 3.05) is 30.7 Å². The topological polar surface area (TPSA) is 128 Å². The monoisotopic (exact) mass is 540 g/mol. The molecule has 0 atom stereocenters. The SMILES string of the molecule is CCNS(=O)(=O)Nc1ncnc(OCCOc2ncc(SC)cn2)c1-c1ccc(Br)cc1. The van der Waals surface area contributed by atoms with Crippen molar-refractivity contribution in [3.63, 3.8) is 0 Å². The van der Waals surface area contributed by atoms with E-state index in [9.17, 15) is 8.42 Å². The van der Waals surface area contributed by atoms with E-state index in [1.165, 1.54) is 18.1 Å². The zero-order valence-electron chi connectivity index (χ0n) is 17.3. The lowest BCUT2D eigenvalue weighted by molar-refractivity contribution is 0.201. The van der Waals surface area contributed by atoms with Gasteiger partial charge in [-0.2, -0.15) is 13.1 Å². The highest BCUT2D eigenvalue weighted by Crippen LogP contribution is 2.34. The normalized spacial score (nSPS) is 11.2. The number of nitrogens with one attached hydrogen (secondary N) is 2. The van der Waals surface area contributed by atoms with Crippen LogP contribution in [-0.2, 0) is 10.2 Å². The molecule has 32 heavy (non-hydrogen) atoms. The molecule has 2 heterocycles. The third-order valence-corrected chi connectivity index (χ3v) is 6.25. The van der Waals surface area contributed by atoms with Gasteiger partial charge in [0.1, 0.15) is 19.5 Å². The van der Waals surface area contributed by atoms with Crippen molar-refractivity contribution in [1.82, 2.24) is 24.7 Å². The van der Waals surface area contributed by atoms with Gasteiger partial charge in [-0.3, -0.25) is 4.72 Å². The van der Waals surface area contributed by atoms with Crippen LogP contribution in [0.15, 0.2) is 52.4 Å². The number of thioether (sulfide) groups is 1. The summed E-state index contributed by atoms with van der Waals surface area (Å²) in [5.41, 5.74) is 1.08. The molecule has 13 heteroatoms. The largest absolute Gasteiger partial charge is 0.473 e. The van der Waals surface area contributed by atoms with Gasteiger partial charge in [0.15, 0.2) is 5.82 Å². The van der Waals surface area contributed by atoms with Gasteiger partial charge in [-0.15, -0.1) is 11.8 Å². The zero-order valence-corrected chi connectivity index (χ0v) is 20.5. The maximum atomic E-state index is 12.2. The van der Waals surface area contributed by atoms with Gasteiger partial charge in [0.05, 0.1) is 5.56 Å². The third-order valence-electron chi connectivity index (χ3n) is 3.90. The number of ether oxygens (including phenoxy) is 2. The summed E-state index contributed by atoms with van der Waals surface area (Å²) in [5, 5.41) is 0. The molecule has 0 radical (unpaired) electrons. The van der Waals surface area contributed by atoms with Crippen LogP contribution in [0.1, 0.15) is 6.92 Å². The molecule has 1 aromatic carbocycles. The van der Waals surface area contributed by atoms with Gasteiger partial charge < -0.3 is 9.47 Å². The molecule has 2 aromatic heterocycles. The van der Waals surface area contributed by atoms with Crippen molar-refractivity contribution in [1.29, 1.82) is 0 Å². The lowest BCUT2D eigenvalue weighted by atomic mass is 10.1. The maximum Gasteiger partial charge on any atom is 0.316 e. The molecule has 3 aromatic rings. The molecule has 0 aliphatic rings. The first kappa shape index (κ1) is 24.2. The second-order valence-electron chi connectivity index (χ2n) is 6.12. The number of benzene rings is 1. The number of nitrogens with zero attached hydrogens (tertiary/aromatic N) is 4. The summed E-state index contributed by atoms with van der Waals surface area (Å²) in [4.78, 5) is 17.5. The molecule has 0 spiro atoms. The van der Waals surface area contributed by atoms with Crippen molar-refractivity contribution in [3.05, 3.63) is 47.5 Å². The lowest BCUT2D eigenvalue weighted by Crippen LogP contribution is -2.30. The predicted octanol–water partition coefficient (Wildman–Crippen LogP) is 3.14. The predicted molar refractivity (Wildman–Crippen MR) is 126 cm³/mol. The molecule has 0 saturated carbocycles. The second kappa shape index (κ2) is 11.4. The molecule has 0 bridgehead atoms. The van der Waals surface area contributed by atoms with Crippen LogP contribution in [0.5, 0.6) is 11.9 Å². The van der Waals surface area contributed by atoms with E-state index in [2.05, 4.69) is 45.3 Å². The molecule has 0 fully saturated rings. The summed E-state index contributed by atoms with van der Waals surface area (Å²) in [7, 11) is -3.81. The summed E-state index contributed by atoms with van der Waals surface area (Å²) >= 11 is 4.93. The molecule has 0 aliphatic carbocycles. The van der Waals surface area contributed by atoms with E-state index >= 15 is 0 Å². The van der Waals surface area contributed by atoms with Crippen molar-refractivity contribution in [2.24, 2.45) is 0 Å². The minimum atomic E-state index is -3.81. The third kappa shape index (κ3) is 6.76. The first-order valence-electron chi connectivity index (χ1n) is 9.42. The van der Waals surface area contributed by atoms with E-state index < -0.39 is 10.2 Å². The molecule has 3 rings (SSSR count). The summed E-state index contributed by atoms with van der Waals surface area (Å²) in [6, 6.07) is 7.50. The first-order valence-corrected chi connectivity index (χ1v) is 12.9. The lowest BCUT2D eigenvalue weighted by Gasteiger charge is -2.15. The van der Waals surface area contributed by atoms with Gasteiger partial charge >= 0.3 is 6.01 Å².